The summed E-state index contributed by atoms with van der Waals surface area (Å²) in [7, 11) is 0. The first kappa shape index (κ1) is 13.2. The van der Waals surface area contributed by atoms with Crippen LogP contribution in [0.25, 0.3) is 0 Å². The normalized spacial score (nSPS) is 22.4. The average molecular weight is 319 g/mol. The minimum Gasteiger partial charge on any atom is -0.487 e. The summed E-state index contributed by atoms with van der Waals surface area (Å²) in [5.74, 6) is 0.843. The molecule has 0 saturated heterocycles. The zero-order valence-electron chi connectivity index (χ0n) is 10.1. The molecule has 0 aliphatic carbocycles. The molecule has 94 valence electrons. The standard InChI is InChI=1S/C13H17BrClNO/c1-3-5-16-12-9-6-8(14)7-10(15)13(9)17-11(12)4-2/h6-7,11-12,16H,3-5H2,1-2H3. The summed E-state index contributed by atoms with van der Waals surface area (Å²) in [6.07, 6.45) is 2.27. The summed E-state index contributed by atoms with van der Waals surface area (Å²) in [6.45, 7) is 5.30. The highest BCUT2D eigenvalue weighted by Gasteiger charge is 2.34. The highest BCUT2D eigenvalue weighted by molar-refractivity contribution is 9.10. The maximum absolute atomic E-state index is 6.21. The van der Waals surface area contributed by atoms with Gasteiger partial charge in [-0.15, -0.1) is 0 Å². The van der Waals surface area contributed by atoms with E-state index in [2.05, 4.69) is 41.2 Å². The molecule has 2 rings (SSSR count). The van der Waals surface area contributed by atoms with Gasteiger partial charge in [0.2, 0.25) is 0 Å². The van der Waals surface area contributed by atoms with Crippen LogP contribution in [0.3, 0.4) is 0 Å². The number of hydrogen-bond donors (Lipinski definition) is 1. The lowest BCUT2D eigenvalue weighted by Gasteiger charge is -2.18. The van der Waals surface area contributed by atoms with Gasteiger partial charge in [-0.05, 0) is 31.5 Å². The molecule has 0 fully saturated rings. The number of hydrogen-bond acceptors (Lipinski definition) is 2. The molecule has 0 saturated carbocycles. The molecule has 4 heteroatoms. The maximum Gasteiger partial charge on any atom is 0.143 e. The van der Waals surface area contributed by atoms with Crippen LogP contribution in [0.15, 0.2) is 16.6 Å². The monoisotopic (exact) mass is 317 g/mol. The van der Waals surface area contributed by atoms with E-state index in [1.165, 1.54) is 5.56 Å². The molecule has 0 aromatic heterocycles. The lowest BCUT2D eigenvalue weighted by Crippen LogP contribution is -2.31. The van der Waals surface area contributed by atoms with E-state index >= 15 is 0 Å². The van der Waals surface area contributed by atoms with Gasteiger partial charge >= 0.3 is 0 Å². The van der Waals surface area contributed by atoms with Crippen molar-refractivity contribution in [2.24, 2.45) is 0 Å². The molecule has 0 spiro atoms. The fourth-order valence-electron chi connectivity index (χ4n) is 2.22. The molecule has 0 amide bonds. The Labute approximate surface area is 116 Å². The van der Waals surface area contributed by atoms with Crippen molar-refractivity contribution in [1.29, 1.82) is 0 Å². The van der Waals surface area contributed by atoms with Gasteiger partial charge in [0.25, 0.3) is 0 Å². The predicted molar refractivity (Wildman–Crippen MR) is 74.9 cm³/mol. The van der Waals surface area contributed by atoms with Crippen LogP contribution in [0.2, 0.25) is 5.02 Å². The molecular weight excluding hydrogens is 302 g/mol. The van der Waals surface area contributed by atoms with Crippen LogP contribution < -0.4 is 10.1 Å². The van der Waals surface area contributed by atoms with Crippen LogP contribution in [0, 0.1) is 0 Å². The summed E-state index contributed by atoms with van der Waals surface area (Å²) in [5.41, 5.74) is 1.17. The first-order chi connectivity index (χ1) is 8.17. The third-order valence-electron chi connectivity index (χ3n) is 3.03. The zero-order chi connectivity index (χ0) is 12.4. The van der Waals surface area contributed by atoms with Gasteiger partial charge in [0.1, 0.15) is 11.9 Å². The van der Waals surface area contributed by atoms with Gasteiger partial charge in [0.05, 0.1) is 11.1 Å². The van der Waals surface area contributed by atoms with Crippen molar-refractivity contribution >= 4 is 27.5 Å². The SMILES string of the molecule is CCCNC1c2cc(Br)cc(Cl)c2OC1CC. The van der Waals surface area contributed by atoms with E-state index < -0.39 is 0 Å². The lowest BCUT2D eigenvalue weighted by atomic mass is 10.0. The molecule has 2 atom stereocenters. The fourth-order valence-corrected chi connectivity index (χ4v) is 3.09. The summed E-state index contributed by atoms with van der Waals surface area (Å²) < 4.78 is 6.94. The van der Waals surface area contributed by atoms with Gasteiger partial charge in [-0.3, -0.25) is 0 Å². The lowest BCUT2D eigenvalue weighted by molar-refractivity contribution is 0.185. The molecule has 2 nitrogen and oxygen atoms in total. The second-order valence-electron chi connectivity index (χ2n) is 4.30. The molecule has 1 aliphatic heterocycles. The quantitative estimate of drug-likeness (QED) is 0.893. The molecular formula is C13H17BrClNO. The number of ether oxygens (including phenoxy) is 1. The third kappa shape index (κ3) is 2.61. The van der Waals surface area contributed by atoms with Gasteiger partial charge in [-0.1, -0.05) is 41.4 Å². The Kier molecular flexibility index (Phi) is 4.34. The van der Waals surface area contributed by atoms with Gasteiger partial charge in [-0.25, -0.2) is 0 Å². The molecule has 0 radical (unpaired) electrons. The Bertz CT molecular complexity index is 411. The van der Waals surface area contributed by atoms with E-state index in [9.17, 15) is 0 Å². The van der Waals surface area contributed by atoms with Gasteiger partial charge in [-0.2, -0.15) is 0 Å². The minimum absolute atomic E-state index is 0.184. The van der Waals surface area contributed by atoms with Crippen molar-refractivity contribution in [3.8, 4) is 5.75 Å². The molecule has 2 unspecified atom stereocenters. The minimum atomic E-state index is 0.184. The molecule has 1 aromatic carbocycles. The van der Waals surface area contributed by atoms with Crippen molar-refractivity contribution in [2.75, 3.05) is 6.54 Å². The second kappa shape index (κ2) is 5.59. The predicted octanol–water partition coefficient (Wildman–Crippen LogP) is 4.31. The second-order valence-corrected chi connectivity index (χ2v) is 5.63. The van der Waals surface area contributed by atoms with Crippen LogP contribution >= 0.6 is 27.5 Å². The topological polar surface area (TPSA) is 21.3 Å². The molecule has 1 heterocycles. The van der Waals surface area contributed by atoms with Crippen LogP contribution in [-0.2, 0) is 0 Å². The van der Waals surface area contributed by atoms with Crippen molar-refractivity contribution in [3.63, 3.8) is 0 Å². The first-order valence-electron chi connectivity index (χ1n) is 6.06. The number of halogens is 2. The van der Waals surface area contributed by atoms with E-state index in [1.807, 2.05) is 6.07 Å². The van der Waals surface area contributed by atoms with Crippen molar-refractivity contribution in [3.05, 3.63) is 27.2 Å². The van der Waals surface area contributed by atoms with E-state index in [-0.39, 0.29) is 12.1 Å². The van der Waals surface area contributed by atoms with Crippen LogP contribution in [0.5, 0.6) is 5.75 Å². The Hall–Kier alpha value is -0.250. The highest BCUT2D eigenvalue weighted by Crippen LogP contribution is 2.44. The largest absolute Gasteiger partial charge is 0.487 e. The number of nitrogens with one attached hydrogen (secondary N) is 1. The van der Waals surface area contributed by atoms with Crippen LogP contribution in [-0.4, -0.2) is 12.6 Å². The highest BCUT2D eigenvalue weighted by atomic mass is 79.9. The summed E-state index contributed by atoms with van der Waals surface area (Å²) in [4.78, 5) is 0. The average Bonchev–Trinajstić information content (AvgIpc) is 2.64. The van der Waals surface area contributed by atoms with Gasteiger partial charge in [0.15, 0.2) is 0 Å². The van der Waals surface area contributed by atoms with E-state index in [1.54, 1.807) is 0 Å². The first-order valence-corrected chi connectivity index (χ1v) is 7.23. The molecule has 0 bridgehead atoms. The van der Waals surface area contributed by atoms with E-state index in [4.69, 9.17) is 16.3 Å². The Balaban J connectivity index is 2.33. The van der Waals surface area contributed by atoms with Gasteiger partial charge in [0, 0.05) is 10.0 Å². The van der Waals surface area contributed by atoms with Crippen LogP contribution in [0.1, 0.15) is 38.3 Å². The summed E-state index contributed by atoms with van der Waals surface area (Å²) in [6, 6.07) is 4.24. The fraction of sp³-hybridized carbons (Fsp3) is 0.538. The molecule has 17 heavy (non-hydrogen) atoms. The smallest absolute Gasteiger partial charge is 0.143 e. The molecule has 1 aliphatic rings. The molecule has 1 aromatic rings. The van der Waals surface area contributed by atoms with Crippen molar-refractivity contribution in [2.45, 2.75) is 38.8 Å². The van der Waals surface area contributed by atoms with Crippen LogP contribution in [0.4, 0.5) is 0 Å². The number of rotatable bonds is 4. The molecule has 1 N–H and O–H groups in total. The van der Waals surface area contributed by atoms with Gasteiger partial charge < -0.3 is 10.1 Å². The number of benzene rings is 1. The number of fused-ring (bicyclic) bond motifs is 1. The zero-order valence-corrected chi connectivity index (χ0v) is 12.4. The maximum atomic E-state index is 6.21. The third-order valence-corrected chi connectivity index (χ3v) is 3.77. The Morgan fingerprint density at radius 1 is 1.41 bits per heavy atom. The summed E-state index contributed by atoms with van der Waals surface area (Å²) >= 11 is 9.70. The van der Waals surface area contributed by atoms with Crippen molar-refractivity contribution < 1.29 is 4.74 Å². The van der Waals surface area contributed by atoms with E-state index in [0.717, 1.165) is 29.6 Å². The van der Waals surface area contributed by atoms with Crippen molar-refractivity contribution in [1.82, 2.24) is 5.32 Å². The van der Waals surface area contributed by atoms with E-state index in [0.29, 0.717) is 5.02 Å². The Morgan fingerprint density at radius 3 is 2.82 bits per heavy atom. The summed E-state index contributed by atoms with van der Waals surface area (Å²) in [5, 5.41) is 4.23. The Morgan fingerprint density at radius 2 is 2.18 bits per heavy atom.